The van der Waals surface area contributed by atoms with E-state index in [1.807, 2.05) is 0 Å². The number of hydrogen-bond acceptors (Lipinski definition) is 3. The van der Waals surface area contributed by atoms with Crippen LogP contribution < -0.4 is 0 Å². The lowest BCUT2D eigenvalue weighted by Crippen LogP contribution is -2.33. The summed E-state index contributed by atoms with van der Waals surface area (Å²) in [6.07, 6.45) is 0.837. The van der Waals surface area contributed by atoms with E-state index in [4.69, 9.17) is 4.74 Å². The number of amides is 1. The summed E-state index contributed by atoms with van der Waals surface area (Å²) in [4.78, 5) is 24.1. The maximum Gasteiger partial charge on any atom is 0.409 e. The van der Waals surface area contributed by atoms with Gasteiger partial charge in [-0.3, -0.25) is 0 Å². The Morgan fingerprint density at radius 3 is 2.41 bits per heavy atom. The Bertz CT molecular complexity index is 314. The molecule has 4 nitrogen and oxygen atoms in total. The quantitative estimate of drug-likeness (QED) is 0.569. The molecule has 0 bridgehead atoms. The summed E-state index contributed by atoms with van der Waals surface area (Å²) >= 11 is 0. The Hall–Kier alpha value is -0.843. The van der Waals surface area contributed by atoms with Gasteiger partial charge >= 0.3 is 6.09 Å². The molecule has 1 aliphatic heterocycles. The van der Waals surface area contributed by atoms with Gasteiger partial charge in [0.2, 0.25) is 0 Å². The summed E-state index contributed by atoms with van der Waals surface area (Å²) in [7, 11) is -1.13. The van der Waals surface area contributed by atoms with Crippen LogP contribution in [0.2, 0.25) is 25.7 Å². The predicted octanol–water partition coefficient (Wildman–Crippen LogP) is 1.84. The number of likely N-dealkylation sites (tertiary alicyclic amines) is 1. The highest BCUT2D eigenvalue weighted by Crippen LogP contribution is 2.50. The number of carbonyl (C=O) groups excluding carboxylic acids is 2. The molecule has 1 saturated heterocycles. The molecule has 0 radical (unpaired) electrons. The van der Waals surface area contributed by atoms with E-state index in [1.54, 1.807) is 4.90 Å². The fourth-order valence-electron chi connectivity index (χ4n) is 2.46. The highest BCUT2D eigenvalue weighted by atomic mass is 28.3. The first-order valence-corrected chi connectivity index (χ1v) is 10.00. The number of aldehydes is 1. The summed E-state index contributed by atoms with van der Waals surface area (Å²) < 4.78 is 5.27. The lowest BCUT2D eigenvalue weighted by Gasteiger charge is -2.20. The van der Waals surface area contributed by atoms with Crippen molar-refractivity contribution in [2.45, 2.75) is 25.7 Å². The van der Waals surface area contributed by atoms with Gasteiger partial charge in [0.1, 0.15) is 6.29 Å². The summed E-state index contributed by atoms with van der Waals surface area (Å²) in [6, 6.07) is 1.01. The minimum atomic E-state index is -1.13. The van der Waals surface area contributed by atoms with Crippen molar-refractivity contribution in [3.8, 4) is 0 Å². The zero-order chi connectivity index (χ0) is 12.6. The third-order valence-electron chi connectivity index (χ3n) is 3.75. The normalized spacial score (nSPS) is 31.0. The Morgan fingerprint density at radius 2 is 1.94 bits per heavy atom. The van der Waals surface area contributed by atoms with Crippen LogP contribution in [0.1, 0.15) is 0 Å². The van der Waals surface area contributed by atoms with Gasteiger partial charge in [-0.05, 0) is 17.9 Å². The van der Waals surface area contributed by atoms with Gasteiger partial charge in [-0.15, -0.1) is 0 Å². The van der Waals surface area contributed by atoms with Gasteiger partial charge in [0.25, 0.3) is 0 Å². The topological polar surface area (TPSA) is 46.6 Å². The molecule has 1 aliphatic carbocycles. The number of rotatable bonds is 4. The van der Waals surface area contributed by atoms with Crippen LogP contribution >= 0.6 is 0 Å². The second kappa shape index (κ2) is 4.44. The number of nitrogens with zero attached hydrogens (tertiary/aromatic N) is 1. The summed E-state index contributed by atoms with van der Waals surface area (Å²) in [5, 5.41) is 0. The number of ether oxygens (including phenoxy) is 1. The highest BCUT2D eigenvalue weighted by Gasteiger charge is 2.56. The molecule has 17 heavy (non-hydrogen) atoms. The molecule has 0 spiro atoms. The first kappa shape index (κ1) is 12.6. The van der Waals surface area contributed by atoms with E-state index < -0.39 is 8.07 Å². The SMILES string of the molecule is C[Si](C)(C)CCOC(=O)N1CC2C(C=O)C2C1. The van der Waals surface area contributed by atoms with Crippen LogP contribution in [0.5, 0.6) is 0 Å². The van der Waals surface area contributed by atoms with E-state index >= 15 is 0 Å². The molecular formula is C12H21NO3Si. The van der Waals surface area contributed by atoms with Crippen LogP contribution in [0.25, 0.3) is 0 Å². The van der Waals surface area contributed by atoms with Crippen molar-refractivity contribution in [1.29, 1.82) is 0 Å². The van der Waals surface area contributed by atoms with Crippen molar-refractivity contribution in [2.75, 3.05) is 19.7 Å². The molecule has 5 heteroatoms. The molecule has 1 heterocycles. The molecule has 0 N–H and O–H groups in total. The standard InChI is InChI=1S/C12H21NO3Si/c1-17(2,3)5-4-16-12(15)13-6-9-10(7-13)11(9)8-14/h8-11H,4-7H2,1-3H3. The molecule has 0 aromatic rings. The zero-order valence-corrected chi connectivity index (χ0v) is 11.8. The molecule has 2 fully saturated rings. The Morgan fingerprint density at radius 1 is 1.35 bits per heavy atom. The van der Waals surface area contributed by atoms with E-state index in [0.717, 1.165) is 12.3 Å². The van der Waals surface area contributed by atoms with Crippen molar-refractivity contribution in [1.82, 2.24) is 4.90 Å². The van der Waals surface area contributed by atoms with Crippen LogP contribution in [0.15, 0.2) is 0 Å². The molecule has 1 amide bonds. The predicted molar refractivity (Wildman–Crippen MR) is 67.6 cm³/mol. The van der Waals surface area contributed by atoms with E-state index in [0.29, 0.717) is 31.5 Å². The Labute approximate surface area is 103 Å². The van der Waals surface area contributed by atoms with Gasteiger partial charge in [-0.1, -0.05) is 19.6 Å². The van der Waals surface area contributed by atoms with Crippen LogP contribution in [-0.4, -0.2) is 45.0 Å². The molecule has 2 aliphatic rings. The second-order valence-electron chi connectivity index (χ2n) is 6.37. The van der Waals surface area contributed by atoms with Gasteiger partial charge in [0, 0.05) is 27.1 Å². The van der Waals surface area contributed by atoms with Crippen molar-refractivity contribution in [3.05, 3.63) is 0 Å². The smallest absolute Gasteiger partial charge is 0.409 e. The first-order valence-electron chi connectivity index (χ1n) is 6.29. The third-order valence-corrected chi connectivity index (χ3v) is 5.46. The maximum absolute atomic E-state index is 11.7. The average molecular weight is 255 g/mol. The van der Waals surface area contributed by atoms with E-state index in [9.17, 15) is 9.59 Å². The van der Waals surface area contributed by atoms with Gasteiger partial charge in [-0.2, -0.15) is 0 Å². The third kappa shape index (κ3) is 2.88. The average Bonchev–Trinajstić information content (AvgIpc) is 2.68. The minimum absolute atomic E-state index is 0.194. The molecular weight excluding hydrogens is 234 g/mol. The van der Waals surface area contributed by atoms with E-state index in [2.05, 4.69) is 19.6 Å². The Balaban J connectivity index is 1.67. The zero-order valence-electron chi connectivity index (χ0n) is 10.8. The van der Waals surface area contributed by atoms with Crippen LogP contribution in [-0.2, 0) is 9.53 Å². The largest absolute Gasteiger partial charge is 0.450 e. The fraction of sp³-hybridized carbons (Fsp3) is 0.833. The molecule has 0 aromatic heterocycles. The highest BCUT2D eigenvalue weighted by molar-refractivity contribution is 6.76. The van der Waals surface area contributed by atoms with Gasteiger partial charge in [0.05, 0.1) is 6.61 Å². The number of piperidine rings is 1. The van der Waals surface area contributed by atoms with Crippen molar-refractivity contribution < 1.29 is 14.3 Å². The van der Waals surface area contributed by atoms with Crippen LogP contribution in [0.4, 0.5) is 4.79 Å². The van der Waals surface area contributed by atoms with Crippen molar-refractivity contribution in [3.63, 3.8) is 0 Å². The van der Waals surface area contributed by atoms with Crippen molar-refractivity contribution in [2.24, 2.45) is 17.8 Å². The number of carbonyl (C=O) groups is 2. The van der Waals surface area contributed by atoms with Gasteiger partial charge < -0.3 is 14.4 Å². The molecule has 2 atom stereocenters. The molecule has 0 aromatic carbocycles. The maximum atomic E-state index is 11.7. The lowest BCUT2D eigenvalue weighted by molar-refractivity contribution is -0.109. The molecule has 2 rings (SSSR count). The van der Waals surface area contributed by atoms with E-state index in [1.165, 1.54) is 0 Å². The number of hydrogen-bond donors (Lipinski definition) is 0. The Kier molecular flexibility index (Phi) is 3.29. The molecule has 1 saturated carbocycles. The number of fused-ring (bicyclic) bond motifs is 1. The van der Waals surface area contributed by atoms with Gasteiger partial charge in [-0.25, -0.2) is 4.79 Å². The second-order valence-corrected chi connectivity index (χ2v) is 12.0. The summed E-state index contributed by atoms with van der Waals surface area (Å²) in [5.41, 5.74) is 0. The lowest BCUT2D eigenvalue weighted by atomic mass is 10.3. The monoisotopic (exact) mass is 255 g/mol. The molecule has 2 unspecified atom stereocenters. The minimum Gasteiger partial charge on any atom is -0.450 e. The van der Waals surface area contributed by atoms with Crippen LogP contribution in [0, 0.1) is 17.8 Å². The fourth-order valence-corrected chi connectivity index (χ4v) is 3.17. The summed E-state index contributed by atoms with van der Waals surface area (Å²) in [6.45, 7) is 8.75. The summed E-state index contributed by atoms with van der Waals surface area (Å²) in [5.74, 6) is 1.04. The van der Waals surface area contributed by atoms with E-state index in [-0.39, 0.29) is 12.0 Å². The van der Waals surface area contributed by atoms with Crippen LogP contribution in [0.3, 0.4) is 0 Å². The van der Waals surface area contributed by atoms with Gasteiger partial charge in [0.15, 0.2) is 0 Å². The first-order chi connectivity index (χ1) is 7.92. The van der Waals surface area contributed by atoms with Crippen molar-refractivity contribution >= 4 is 20.5 Å². The molecule has 96 valence electrons.